The van der Waals surface area contributed by atoms with Crippen LogP contribution in [0.15, 0.2) is 60.7 Å². The van der Waals surface area contributed by atoms with E-state index in [1.54, 1.807) is 0 Å². The summed E-state index contributed by atoms with van der Waals surface area (Å²) in [6.45, 7) is 13.0. The van der Waals surface area contributed by atoms with Crippen molar-refractivity contribution < 1.29 is 44.8 Å². The van der Waals surface area contributed by atoms with Gasteiger partial charge in [-0.3, -0.25) is 0 Å². The standard InChI is InChI=1S/2C12H13.C3H6.2ClH.Ti/c2*1-3-11-9(2)8-10-6-4-5-7-12(10)11;1-3-2;;;/h2*4-8H,3H2,1-2H3;1-2H3;2*1H;/q2*-1;;;;+2/p-2. The first kappa shape index (κ1) is 28.8. The van der Waals surface area contributed by atoms with Crippen molar-refractivity contribution in [2.45, 2.75) is 54.4 Å². The summed E-state index contributed by atoms with van der Waals surface area (Å²) in [5.41, 5.74) is 5.87. The quantitative estimate of drug-likeness (QED) is 0.306. The van der Waals surface area contributed by atoms with E-state index in [2.05, 4.69) is 122 Å². The average Bonchev–Trinajstić information content (AvgIpc) is 3.16. The fourth-order valence-corrected chi connectivity index (χ4v) is 3.80. The molecule has 0 unspecified atom stereocenters. The SMILES string of the molecule is CCc1c(C)[cH-]c2ccccc12.CCc1c(C)[cH-]c2ccccc12.C[C](C)=[Ti+2].[Cl-].[Cl-]. The molecule has 30 heavy (non-hydrogen) atoms. The van der Waals surface area contributed by atoms with Crippen LogP contribution in [0.2, 0.25) is 0 Å². The molecular formula is C27H32Cl2Ti-2. The smallest absolute Gasteiger partial charge is 1.00 e. The summed E-state index contributed by atoms with van der Waals surface area (Å²) in [5, 5.41) is 5.62. The van der Waals surface area contributed by atoms with Gasteiger partial charge in [-0.2, -0.15) is 11.1 Å². The summed E-state index contributed by atoms with van der Waals surface area (Å²) in [6.07, 6.45) is 2.28. The van der Waals surface area contributed by atoms with Crippen LogP contribution in [-0.2, 0) is 32.8 Å². The summed E-state index contributed by atoms with van der Waals surface area (Å²) >= 11 is 2.08. The second-order valence-corrected chi connectivity index (χ2v) is 9.05. The minimum atomic E-state index is 0. The van der Waals surface area contributed by atoms with Crippen LogP contribution in [0.1, 0.15) is 49.9 Å². The predicted molar refractivity (Wildman–Crippen MR) is 124 cm³/mol. The first-order valence-corrected chi connectivity index (χ1v) is 11.0. The van der Waals surface area contributed by atoms with E-state index in [9.17, 15) is 0 Å². The van der Waals surface area contributed by atoms with Gasteiger partial charge in [-0.1, -0.05) is 52.7 Å². The minimum absolute atomic E-state index is 0. The van der Waals surface area contributed by atoms with Gasteiger partial charge in [0.1, 0.15) is 0 Å². The maximum Gasteiger partial charge on any atom is -1.00 e. The predicted octanol–water partition coefficient (Wildman–Crippen LogP) is 1.61. The van der Waals surface area contributed by atoms with E-state index in [0.29, 0.717) is 0 Å². The Labute approximate surface area is 206 Å². The van der Waals surface area contributed by atoms with E-state index in [4.69, 9.17) is 0 Å². The number of hydrogen-bond donors (Lipinski definition) is 0. The number of fused-ring (bicyclic) bond motifs is 2. The largest absolute Gasteiger partial charge is 1.00 e. The van der Waals surface area contributed by atoms with Crippen LogP contribution in [0.3, 0.4) is 0 Å². The van der Waals surface area contributed by atoms with Crippen LogP contribution < -0.4 is 24.8 Å². The third-order valence-corrected chi connectivity index (χ3v) is 4.97. The monoisotopic (exact) mass is 474 g/mol. The van der Waals surface area contributed by atoms with Crippen LogP contribution in [0, 0.1) is 13.8 Å². The van der Waals surface area contributed by atoms with Gasteiger partial charge >= 0.3 is 37.6 Å². The average molecular weight is 475 g/mol. The van der Waals surface area contributed by atoms with Gasteiger partial charge in [0.05, 0.1) is 0 Å². The van der Waals surface area contributed by atoms with Crippen molar-refractivity contribution in [1.82, 2.24) is 0 Å². The third kappa shape index (κ3) is 7.50. The van der Waals surface area contributed by atoms with Crippen LogP contribution in [0.25, 0.3) is 21.5 Å². The Morgan fingerprint density at radius 2 is 1.00 bits per heavy atom. The van der Waals surface area contributed by atoms with Crippen molar-refractivity contribution in [3.05, 3.63) is 82.9 Å². The fraction of sp³-hybridized carbons (Fsp3) is 0.296. The molecule has 0 nitrogen and oxygen atoms in total. The van der Waals surface area contributed by atoms with Crippen molar-refractivity contribution in [3.8, 4) is 0 Å². The third-order valence-electron chi connectivity index (χ3n) is 4.97. The van der Waals surface area contributed by atoms with E-state index < -0.39 is 0 Å². The zero-order valence-corrected chi connectivity index (χ0v) is 22.0. The Hall–Kier alpha value is -1.18. The molecule has 4 aromatic carbocycles. The van der Waals surface area contributed by atoms with Gasteiger partial charge in [-0.15, -0.1) is 81.2 Å². The Morgan fingerprint density at radius 1 is 0.700 bits per heavy atom. The summed E-state index contributed by atoms with van der Waals surface area (Å²) in [5.74, 6) is 0. The second-order valence-electron chi connectivity index (χ2n) is 7.49. The molecule has 0 amide bonds. The number of aryl methyl sites for hydroxylation is 4. The molecule has 0 saturated heterocycles. The summed E-state index contributed by atoms with van der Waals surface area (Å²) in [4.78, 5) is 0. The van der Waals surface area contributed by atoms with Crippen LogP contribution in [0.4, 0.5) is 0 Å². The zero-order valence-electron chi connectivity index (χ0n) is 18.9. The molecule has 4 aromatic rings. The molecule has 0 aromatic heterocycles. The van der Waals surface area contributed by atoms with Gasteiger partial charge in [-0.25, -0.2) is 0 Å². The maximum absolute atomic E-state index is 2.27. The van der Waals surface area contributed by atoms with E-state index in [-0.39, 0.29) is 24.8 Å². The number of rotatable bonds is 2. The van der Waals surface area contributed by atoms with E-state index >= 15 is 0 Å². The first-order valence-electron chi connectivity index (χ1n) is 10.2. The topological polar surface area (TPSA) is 0 Å². The molecule has 0 N–H and O–H groups in total. The van der Waals surface area contributed by atoms with E-state index in [1.807, 2.05) is 0 Å². The van der Waals surface area contributed by atoms with Crippen LogP contribution in [0.5, 0.6) is 0 Å². The number of hydrogen-bond acceptors (Lipinski definition) is 0. The first-order chi connectivity index (χ1) is 13.4. The molecule has 0 aliphatic carbocycles. The van der Waals surface area contributed by atoms with E-state index in [0.717, 1.165) is 12.8 Å². The van der Waals surface area contributed by atoms with Gasteiger partial charge in [0.2, 0.25) is 0 Å². The molecule has 0 bridgehead atoms. The second kappa shape index (κ2) is 14.0. The fourth-order valence-electron chi connectivity index (χ4n) is 3.80. The molecule has 3 heteroatoms. The number of halogens is 2. The Balaban J connectivity index is 0.000000452. The molecule has 0 radical (unpaired) electrons. The Morgan fingerprint density at radius 3 is 1.30 bits per heavy atom. The zero-order chi connectivity index (χ0) is 20.7. The van der Waals surface area contributed by atoms with Gasteiger partial charge in [0.25, 0.3) is 0 Å². The molecule has 0 heterocycles. The van der Waals surface area contributed by atoms with E-state index in [1.165, 1.54) is 47.6 Å². The molecule has 0 fully saturated rings. The molecule has 4 rings (SSSR count). The van der Waals surface area contributed by atoms with Crippen molar-refractivity contribution in [2.24, 2.45) is 0 Å². The molecule has 0 saturated carbocycles. The van der Waals surface area contributed by atoms with Crippen molar-refractivity contribution in [1.29, 1.82) is 0 Å². The van der Waals surface area contributed by atoms with Crippen molar-refractivity contribution in [3.63, 3.8) is 0 Å². The number of benzene rings is 2. The van der Waals surface area contributed by atoms with Crippen LogP contribution >= 0.6 is 0 Å². The van der Waals surface area contributed by atoms with Crippen molar-refractivity contribution >= 4 is 25.4 Å². The van der Waals surface area contributed by atoms with Gasteiger partial charge in [0.15, 0.2) is 0 Å². The maximum atomic E-state index is 2.27. The molecule has 0 aliphatic rings. The Kier molecular flexibility index (Phi) is 13.4. The molecule has 160 valence electrons. The van der Waals surface area contributed by atoms with Crippen molar-refractivity contribution in [2.75, 3.05) is 0 Å². The molecular weight excluding hydrogens is 443 g/mol. The van der Waals surface area contributed by atoms with Crippen LogP contribution in [-0.4, -0.2) is 3.81 Å². The summed E-state index contributed by atoms with van der Waals surface area (Å²) < 4.78 is 1.42. The normalized spacial score (nSPS) is 9.60. The Bertz CT molecular complexity index is 969. The van der Waals surface area contributed by atoms with Gasteiger partial charge in [-0.05, 0) is 0 Å². The van der Waals surface area contributed by atoms with Gasteiger partial charge in [0, 0.05) is 0 Å². The molecule has 0 spiro atoms. The molecule has 0 aliphatic heterocycles. The minimum Gasteiger partial charge on any atom is -1.00 e. The summed E-state index contributed by atoms with van der Waals surface area (Å²) in [6, 6.07) is 21.7. The molecule has 0 atom stereocenters. The van der Waals surface area contributed by atoms with Gasteiger partial charge < -0.3 is 24.8 Å². The summed E-state index contributed by atoms with van der Waals surface area (Å²) in [7, 11) is 0.